The molecular formula is C12H9Cl2NO2. The van der Waals surface area contributed by atoms with E-state index in [9.17, 15) is 4.79 Å². The average molecular weight is 270 g/mol. The van der Waals surface area contributed by atoms with Gasteiger partial charge in [-0.15, -0.1) is 0 Å². The Labute approximate surface area is 108 Å². The van der Waals surface area contributed by atoms with Gasteiger partial charge in [-0.05, 0) is 31.5 Å². The number of halogens is 2. The molecule has 0 spiro atoms. The summed E-state index contributed by atoms with van der Waals surface area (Å²) < 4.78 is 5.08. The number of hydrogen-bond acceptors (Lipinski definition) is 3. The van der Waals surface area contributed by atoms with Gasteiger partial charge >= 0.3 is 0 Å². The lowest BCUT2D eigenvalue weighted by atomic mass is 10.0. The van der Waals surface area contributed by atoms with Gasteiger partial charge in [0.15, 0.2) is 6.29 Å². The van der Waals surface area contributed by atoms with E-state index in [0.29, 0.717) is 27.7 Å². The van der Waals surface area contributed by atoms with Gasteiger partial charge in [0.25, 0.3) is 0 Å². The molecule has 1 heterocycles. The van der Waals surface area contributed by atoms with E-state index in [-0.39, 0.29) is 0 Å². The monoisotopic (exact) mass is 269 g/mol. The van der Waals surface area contributed by atoms with Crippen molar-refractivity contribution in [2.24, 2.45) is 0 Å². The summed E-state index contributed by atoms with van der Waals surface area (Å²) in [5, 5.41) is 4.51. The molecule has 1 aromatic carbocycles. The maximum absolute atomic E-state index is 10.8. The fraction of sp³-hybridized carbons (Fsp3) is 0.167. The third-order valence-corrected chi connectivity index (χ3v) is 3.14. The Morgan fingerprint density at radius 3 is 2.24 bits per heavy atom. The number of rotatable bonds is 2. The summed E-state index contributed by atoms with van der Waals surface area (Å²) in [5.41, 5.74) is 2.70. The lowest BCUT2D eigenvalue weighted by molar-refractivity contribution is 0.112. The van der Waals surface area contributed by atoms with Gasteiger partial charge in [0.1, 0.15) is 5.76 Å². The van der Waals surface area contributed by atoms with Crippen LogP contribution in [0.3, 0.4) is 0 Å². The van der Waals surface area contributed by atoms with Crippen LogP contribution in [0.2, 0.25) is 10.0 Å². The number of nitrogens with zero attached hydrogens (tertiary/aromatic N) is 1. The van der Waals surface area contributed by atoms with Crippen molar-refractivity contribution >= 4 is 29.5 Å². The van der Waals surface area contributed by atoms with Gasteiger partial charge in [-0.1, -0.05) is 28.4 Å². The van der Waals surface area contributed by atoms with E-state index in [2.05, 4.69) is 5.16 Å². The largest absolute Gasteiger partial charge is 0.361 e. The van der Waals surface area contributed by atoms with Crippen LogP contribution >= 0.6 is 23.2 Å². The Hall–Kier alpha value is -1.32. The smallest absolute Gasteiger partial charge is 0.153 e. The maximum Gasteiger partial charge on any atom is 0.153 e. The van der Waals surface area contributed by atoms with Crippen molar-refractivity contribution in [1.82, 2.24) is 5.16 Å². The number of aromatic nitrogens is 1. The molecule has 0 bridgehead atoms. The number of benzene rings is 1. The van der Waals surface area contributed by atoms with Gasteiger partial charge < -0.3 is 4.52 Å². The minimum atomic E-state index is 0.295. The minimum absolute atomic E-state index is 0.295. The van der Waals surface area contributed by atoms with Gasteiger partial charge in [0, 0.05) is 5.56 Å². The van der Waals surface area contributed by atoms with E-state index < -0.39 is 0 Å². The van der Waals surface area contributed by atoms with Crippen molar-refractivity contribution in [1.29, 1.82) is 0 Å². The van der Waals surface area contributed by atoms with E-state index >= 15 is 0 Å². The molecule has 1 aromatic heterocycles. The molecule has 88 valence electrons. The second-order valence-electron chi connectivity index (χ2n) is 3.67. The quantitative estimate of drug-likeness (QED) is 0.772. The van der Waals surface area contributed by atoms with Crippen LogP contribution in [0.15, 0.2) is 16.7 Å². The van der Waals surface area contributed by atoms with Crippen LogP contribution in [0.1, 0.15) is 21.8 Å². The van der Waals surface area contributed by atoms with Crippen LogP contribution in [-0.4, -0.2) is 11.4 Å². The number of carbonyl (C=O) groups is 1. The lowest BCUT2D eigenvalue weighted by Gasteiger charge is -2.05. The highest BCUT2D eigenvalue weighted by atomic mass is 35.5. The Balaban J connectivity index is 2.66. The first-order valence-electron chi connectivity index (χ1n) is 4.92. The van der Waals surface area contributed by atoms with Crippen LogP contribution < -0.4 is 0 Å². The number of aldehydes is 1. The molecule has 0 aliphatic carbocycles. The fourth-order valence-corrected chi connectivity index (χ4v) is 2.31. The first-order valence-corrected chi connectivity index (χ1v) is 5.67. The Morgan fingerprint density at radius 1 is 1.24 bits per heavy atom. The van der Waals surface area contributed by atoms with Crippen molar-refractivity contribution in [2.45, 2.75) is 13.8 Å². The molecule has 0 atom stereocenters. The highest BCUT2D eigenvalue weighted by molar-refractivity contribution is 6.38. The van der Waals surface area contributed by atoms with Gasteiger partial charge in [-0.2, -0.15) is 0 Å². The molecular weight excluding hydrogens is 261 g/mol. The molecule has 0 amide bonds. The zero-order chi connectivity index (χ0) is 12.6. The average Bonchev–Trinajstić information content (AvgIpc) is 2.58. The summed E-state index contributed by atoms with van der Waals surface area (Å²) in [7, 11) is 0. The highest BCUT2D eigenvalue weighted by Gasteiger charge is 2.15. The Bertz CT molecular complexity index is 548. The normalized spacial score (nSPS) is 10.6. The van der Waals surface area contributed by atoms with Gasteiger partial charge in [0.2, 0.25) is 0 Å². The standard InChI is InChI=1S/C12H9Cl2NO2/c1-6-12(7(2)17-15-6)8-3-10(13)9(5-16)11(14)4-8/h3-5H,1-2H3. The Morgan fingerprint density at radius 2 is 1.82 bits per heavy atom. The third-order valence-electron chi connectivity index (χ3n) is 2.52. The van der Waals surface area contributed by atoms with E-state index in [1.807, 2.05) is 13.8 Å². The summed E-state index contributed by atoms with van der Waals surface area (Å²) in [6, 6.07) is 3.37. The van der Waals surface area contributed by atoms with Crippen LogP contribution in [0.25, 0.3) is 11.1 Å². The summed E-state index contributed by atoms with van der Waals surface area (Å²) in [6.45, 7) is 3.64. The summed E-state index contributed by atoms with van der Waals surface area (Å²) in [6.07, 6.45) is 0.641. The fourth-order valence-electron chi connectivity index (χ4n) is 1.74. The first kappa shape index (κ1) is 12.1. The molecule has 0 aliphatic heterocycles. The zero-order valence-electron chi connectivity index (χ0n) is 9.25. The first-order chi connectivity index (χ1) is 8.04. The third kappa shape index (κ3) is 2.08. The van der Waals surface area contributed by atoms with Gasteiger partial charge in [0.05, 0.1) is 21.3 Å². The van der Waals surface area contributed by atoms with E-state index in [1.165, 1.54) is 0 Å². The summed E-state index contributed by atoms with van der Waals surface area (Å²) >= 11 is 12.0. The molecule has 0 aliphatic rings. The lowest BCUT2D eigenvalue weighted by Crippen LogP contribution is -1.88. The zero-order valence-corrected chi connectivity index (χ0v) is 10.8. The predicted octanol–water partition coefficient (Wildman–Crippen LogP) is 4.08. The molecule has 5 heteroatoms. The number of aryl methyl sites for hydroxylation is 2. The molecule has 2 rings (SSSR count). The number of carbonyl (C=O) groups excluding carboxylic acids is 1. The van der Waals surface area contributed by atoms with Crippen LogP contribution in [-0.2, 0) is 0 Å². The van der Waals surface area contributed by atoms with Gasteiger partial charge in [-0.3, -0.25) is 4.79 Å². The van der Waals surface area contributed by atoms with Crippen molar-refractivity contribution in [3.8, 4) is 11.1 Å². The summed E-state index contributed by atoms with van der Waals surface area (Å²) in [4.78, 5) is 10.8. The van der Waals surface area contributed by atoms with Crippen molar-refractivity contribution in [3.05, 3.63) is 39.2 Å². The molecule has 0 unspecified atom stereocenters. The molecule has 17 heavy (non-hydrogen) atoms. The Kier molecular flexibility index (Phi) is 3.22. The summed E-state index contributed by atoms with van der Waals surface area (Å²) in [5.74, 6) is 0.688. The topological polar surface area (TPSA) is 43.1 Å². The van der Waals surface area contributed by atoms with E-state index in [1.54, 1.807) is 12.1 Å². The SMILES string of the molecule is Cc1noc(C)c1-c1cc(Cl)c(C=O)c(Cl)c1. The molecule has 2 aromatic rings. The van der Waals surface area contributed by atoms with Crippen molar-refractivity contribution in [2.75, 3.05) is 0 Å². The molecule has 3 nitrogen and oxygen atoms in total. The molecule has 0 saturated heterocycles. The maximum atomic E-state index is 10.8. The molecule has 0 radical (unpaired) electrons. The van der Waals surface area contributed by atoms with Crippen molar-refractivity contribution in [3.63, 3.8) is 0 Å². The second-order valence-corrected chi connectivity index (χ2v) is 4.48. The molecule has 0 N–H and O–H groups in total. The van der Waals surface area contributed by atoms with Crippen LogP contribution in [0, 0.1) is 13.8 Å². The highest BCUT2D eigenvalue weighted by Crippen LogP contribution is 2.33. The van der Waals surface area contributed by atoms with Crippen LogP contribution in [0.5, 0.6) is 0 Å². The van der Waals surface area contributed by atoms with Gasteiger partial charge in [-0.25, -0.2) is 0 Å². The molecule has 0 saturated carbocycles. The molecule has 0 fully saturated rings. The second kappa shape index (κ2) is 4.51. The number of hydrogen-bond donors (Lipinski definition) is 0. The van der Waals surface area contributed by atoms with E-state index in [0.717, 1.165) is 16.8 Å². The predicted molar refractivity (Wildman–Crippen MR) is 66.8 cm³/mol. The minimum Gasteiger partial charge on any atom is -0.361 e. The van der Waals surface area contributed by atoms with Crippen molar-refractivity contribution < 1.29 is 9.32 Å². The van der Waals surface area contributed by atoms with Crippen LogP contribution in [0.4, 0.5) is 0 Å². The van der Waals surface area contributed by atoms with E-state index in [4.69, 9.17) is 27.7 Å².